The monoisotopic (exact) mass is 539 g/mol. The van der Waals surface area contributed by atoms with E-state index in [1.165, 1.54) is 44.7 Å². The Labute approximate surface area is 237 Å². The lowest BCUT2D eigenvalue weighted by Gasteiger charge is -2.42. The van der Waals surface area contributed by atoms with Crippen molar-refractivity contribution >= 4 is 34.2 Å². The van der Waals surface area contributed by atoms with Gasteiger partial charge in [-0.25, -0.2) is 9.97 Å². The second-order valence-electron chi connectivity index (χ2n) is 12.2. The summed E-state index contributed by atoms with van der Waals surface area (Å²) in [6.07, 6.45) is 4.34. The van der Waals surface area contributed by atoms with Gasteiger partial charge in [0.15, 0.2) is 5.65 Å². The van der Waals surface area contributed by atoms with Gasteiger partial charge in [-0.2, -0.15) is 4.98 Å². The molecule has 0 atom stereocenters. The molecule has 2 aliphatic heterocycles. The third-order valence-corrected chi connectivity index (χ3v) is 8.30. The average molecular weight is 540 g/mol. The molecule has 0 amide bonds. The molecule has 0 bridgehead atoms. The molecule has 9 nitrogen and oxygen atoms in total. The van der Waals surface area contributed by atoms with Gasteiger partial charge in [0.25, 0.3) is 0 Å². The first-order valence-electron chi connectivity index (χ1n) is 14.4. The number of hydrogen-bond acceptors (Lipinski definition) is 8. The summed E-state index contributed by atoms with van der Waals surface area (Å²) in [5, 5.41) is 4.38. The first-order valence-corrected chi connectivity index (χ1v) is 14.4. The number of hydrogen-bond donors (Lipinski definition) is 2. The predicted octanol–water partition coefficient (Wildman–Crippen LogP) is 4.66. The molecular formula is C31H41N9. The Kier molecular flexibility index (Phi) is 7.10. The highest BCUT2D eigenvalue weighted by molar-refractivity contribution is 5.80. The van der Waals surface area contributed by atoms with E-state index < -0.39 is 0 Å². The van der Waals surface area contributed by atoms with Crippen LogP contribution in [0.1, 0.15) is 39.3 Å². The number of benzene rings is 1. The van der Waals surface area contributed by atoms with Gasteiger partial charge in [0, 0.05) is 79.4 Å². The molecule has 2 saturated heterocycles. The number of fused-ring (bicyclic) bond motifs is 1. The SMILES string of the molecule is CN1CCN(C2CCN(c3ccc(Nc4ncc5cc(C(C)(C)C)n(-c6cccc(N)n6)c5n4)cc3)CC2)CC1. The molecule has 2 aliphatic rings. The molecule has 0 spiro atoms. The van der Waals surface area contributed by atoms with E-state index in [0.29, 0.717) is 11.8 Å². The normalized spacial score (nSPS) is 17.9. The summed E-state index contributed by atoms with van der Waals surface area (Å²) < 4.78 is 2.09. The summed E-state index contributed by atoms with van der Waals surface area (Å²) >= 11 is 0. The lowest BCUT2D eigenvalue weighted by molar-refractivity contribution is 0.0982. The van der Waals surface area contributed by atoms with Crippen molar-refractivity contribution in [2.45, 2.75) is 45.1 Å². The Balaban J connectivity index is 1.17. The highest BCUT2D eigenvalue weighted by Crippen LogP contribution is 2.32. The summed E-state index contributed by atoms with van der Waals surface area (Å²) in [5.74, 6) is 1.79. The molecular weight excluding hydrogens is 498 g/mol. The molecule has 4 aromatic rings. The Morgan fingerprint density at radius 2 is 1.62 bits per heavy atom. The number of nitrogens with zero attached hydrogens (tertiary/aromatic N) is 7. The summed E-state index contributed by atoms with van der Waals surface area (Å²) in [5.41, 5.74) is 10.1. The maximum Gasteiger partial charge on any atom is 0.229 e. The van der Waals surface area contributed by atoms with E-state index in [-0.39, 0.29) is 5.41 Å². The Bertz CT molecular complexity index is 1450. The number of nitrogens with one attached hydrogen (secondary N) is 1. The summed E-state index contributed by atoms with van der Waals surface area (Å²) in [6.45, 7) is 13.6. The number of pyridine rings is 1. The second-order valence-corrected chi connectivity index (χ2v) is 12.2. The number of piperazine rings is 1. The highest BCUT2D eigenvalue weighted by atomic mass is 15.3. The number of rotatable bonds is 5. The van der Waals surface area contributed by atoms with Crippen molar-refractivity contribution in [3.63, 3.8) is 0 Å². The van der Waals surface area contributed by atoms with Gasteiger partial charge in [-0.15, -0.1) is 0 Å². The third kappa shape index (κ3) is 5.48. The molecule has 0 unspecified atom stereocenters. The van der Waals surface area contributed by atoms with Crippen molar-refractivity contribution in [2.75, 3.05) is 62.3 Å². The van der Waals surface area contributed by atoms with Gasteiger partial charge in [-0.05, 0) is 62.4 Å². The van der Waals surface area contributed by atoms with Crippen LogP contribution in [0.25, 0.3) is 16.9 Å². The maximum atomic E-state index is 6.03. The molecule has 0 radical (unpaired) electrons. The van der Waals surface area contributed by atoms with Gasteiger partial charge in [0.2, 0.25) is 5.95 Å². The largest absolute Gasteiger partial charge is 0.384 e. The zero-order valence-corrected chi connectivity index (χ0v) is 24.1. The smallest absolute Gasteiger partial charge is 0.229 e. The van der Waals surface area contributed by atoms with Gasteiger partial charge < -0.3 is 20.9 Å². The van der Waals surface area contributed by atoms with E-state index in [9.17, 15) is 0 Å². The van der Waals surface area contributed by atoms with E-state index in [0.717, 1.165) is 47.4 Å². The van der Waals surface area contributed by atoms with Crippen LogP contribution in [0.2, 0.25) is 0 Å². The maximum absolute atomic E-state index is 6.03. The first kappa shape index (κ1) is 26.5. The number of nitrogens with two attached hydrogens (primary N) is 1. The fraction of sp³-hybridized carbons (Fsp3) is 0.452. The van der Waals surface area contributed by atoms with Gasteiger partial charge in [0.1, 0.15) is 11.6 Å². The van der Waals surface area contributed by atoms with Crippen LogP contribution in [0.15, 0.2) is 54.7 Å². The Hall–Kier alpha value is -3.69. The summed E-state index contributed by atoms with van der Waals surface area (Å²) in [6, 6.07) is 17.2. The first-order chi connectivity index (χ1) is 19.2. The average Bonchev–Trinajstić information content (AvgIpc) is 3.34. The minimum absolute atomic E-state index is 0.116. The van der Waals surface area contributed by atoms with Crippen molar-refractivity contribution in [3.05, 3.63) is 60.4 Å². The fourth-order valence-electron chi connectivity index (χ4n) is 5.96. The van der Waals surface area contributed by atoms with Crippen molar-refractivity contribution in [1.82, 2.24) is 29.3 Å². The zero-order chi connectivity index (χ0) is 27.9. The van der Waals surface area contributed by atoms with Crippen LogP contribution < -0.4 is 16.0 Å². The molecule has 1 aromatic carbocycles. The van der Waals surface area contributed by atoms with Gasteiger partial charge in [0.05, 0.1) is 0 Å². The molecule has 0 aliphatic carbocycles. The van der Waals surface area contributed by atoms with Crippen molar-refractivity contribution in [2.24, 2.45) is 0 Å². The zero-order valence-electron chi connectivity index (χ0n) is 24.1. The number of anilines is 4. The van der Waals surface area contributed by atoms with E-state index in [1.54, 1.807) is 6.07 Å². The fourth-order valence-corrected chi connectivity index (χ4v) is 5.96. The van der Waals surface area contributed by atoms with Crippen LogP contribution in [0, 0.1) is 0 Å². The van der Waals surface area contributed by atoms with Crippen LogP contribution in [0.3, 0.4) is 0 Å². The van der Waals surface area contributed by atoms with E-state index in [2.05, 4.69) is 92.7 Å². The minimum atomic E-state index is -0.116. The van der Waals surface area contributed by atoms with E-state index in [4.69, 9.17) is 10.7 Å². The topological polar surface area (TPSA) is 91.4 Å². The minimum Gasteiger partial charge on any atom is -0.384 e. The Morgan fingerprint density at radius 3 is 2.30 bits per heavy atom. The van der Waals surface area contributed by atoms with E-state index >= 15 is 0 Å². The van der Waals surface area contributed by atoms with Gasteiger partial charge in [-0.3, -0.25) is 9.47 Å². The number of nitrogen functional groups attached to an aromatic ring is 1. The lowest BCUT2D eigenvalue weighted by Crippen LogP contribution is -2.52. The molecule has 3 N–H and O–H groups in total. The number of aromatic nitrogens is 4. The lowest BCUT2D eigenvalue weighted by atomic mass is 9.92. The van der Waals surface area contributed by atoms with Crippen LogP contribution >= 0.6 is 0 Å². The molecule has 5 heterocycles. The Morgan fingerprint density at radius 1 is 0.900 bits per heavy atom. The molecule has 3 aromatic heterocycles. The number of likely N-dealkylation sites (N-methyl/N-ethyl adjacent to an activating group) is 1. The van der Waals surface area contributed by atoms with Crippen LogP contribution in [-0.2, 0) is 5.41 Å². The standard InChI is InChI=1S/C31H41N9/c1-31(2,3)26-20-22-21-33-30(36-29(22)40(26)28-7-5-6-27(32)35-28)34-23-8-10-24(11-9-23)38-14-12-25(13-15-38)39-18-16-37(4)17-19-39/h5-11,20-21,25H,12-19H2,1-4H3,(H2,32,35)(H,33,34,36). The van der Waals surface area contributed by atoms with Crippen LogP contribution in [-0.4, -0.2) is 81.7 Å². The second kappa shape index (κ2) is 10.7. The molecule has 210 valence electrons. The van der Waals surface area contributed by atoms with Crippen LogP contribution in [0.4, 0.5) is 23.1 Å². The van der Waals surface area contributed by atoms with Crippen molar-refractivity contribution in [3.8, 4) is 5.82 Å². The van der Waals surface area contributed by atoms with Crippen molar-refractivity contribution < 1.29 is 0 Å². The van der Waals surface area contributed by atoms with E-state index in [1.807, 2.05) is 18.3 Å². The quantitative estimate of drug-likeness (QED) is 0.379. The predicted molar refractivity (Wildman–Crippen MR) is 164 cm³/mol. The third-order valence-electron chi connectivity index (χ3n) is 8.30. The number of piperidine rings is 1. The summed E-state index contributed by atoms with van der Waals surface area (Å²) in [4.78, 5) is 21.8. The van der Waals surface area contributed by atoms with Gasteiger partial charge >= 0.3 is 0 Å². The van der Waals surface area contributed by atoms with Crippen molar-refractivity contribution in [1.29, 1.82) is 0 Å². The molecule has 9 heteroatoms. The van der Waals surface area contributed by atoms with Gasteiger partial charge in [-0.1, -0.05) is 26.8 Å². The highest BCUT2D eigenvalue weighted by Gasteiger charge is 2.27. The molecule has 0 saturated carbocycles. The summed E-state index contributed by atoms with van der Waals surface area (Å²) in [7, 11) is 2.22. The molecule has 6 rings (SSSR count). The van der Waals surface area contributed by atoms with Crippen LogP contribution in [0.5, 0.6) is 0 Å². The molecule has 2 fully saturated rings. The molecule has 40 heavy (non-hydrogen) atoms.